The van der Waals surface area contributed by atoms with Gasteiger partial charge in [0, 0.05) is 34.1 Å². The largest absolute Gasteiger partial charge is 0.495 e. The molecular formula is C35H36Cl3N3O5S. The molecule has 4 aromatic rings. The molecule has 0 unspecified atom stereocenters. The second-order valence-corrected chi connectivity index (χ2v) is 14.1. The summed E-state index contributed by atoms with van der Waals surface area (Å²) in [5.41, 5.74) is 1.39. The molecule has 0 heterocycles. The number of halogens is 3. The van der Waals surface area contributed by atoms with E-state index in [1.807, 2.05) is 44.2 Å². The second kappa shape index (κ2) is 16.4. The van der Waals surface area contributed by atoms with Gasteiger partial charge in [-0.05, 0) is 66.9 Å². The molecule has 0 radical (unpaired) electrons. The number of carbonyl (C=O) groups is 2. The first-order chi connectivity index (χ1) is 22.4. The first-order valence-corrected chi connectivity index (χ1v) is 17.5. The summed E-state index contributed by atoms with van der Waals surface area (Å²) in [7, 11) is -2.95. The maximum Gasteiger partial charge on any atom is 0.264 e. The van der Waals surface area contributed by atoms with Gasteiger partial charge in [0.15, 0.2) is 0 Å². The molecule has 12 heteroatoms. The lowest BCUT2D eigenvalue weighted by Gasteiger charge is -2.34. The Balaban J connectivity index is 1.87. The van der Waals surface area contributed by atoms with E-state index in [-0.39, 0.29) is 46.3 Å². The minimum absolute atomic E-state index is 0.0440. The van der Waals surface area contributed by atoms with Crippen LogP contribution in [-0.4, -0.2) is 50.9 Å². The van der Waals surface area contributed by atoms with Crippen molar-refractivity contribution in [2.24, 2.45) is 0 Å². The fourth-order valence-corrected chi connectivity index (χ4v) is 6.99. The Hall–Kier alpha value is -3.76. The number of hydrogen-bond donors (Lipinski definition) is 1. The Kier molecular flexibility index (Phi) is 12.6. The first-order valence-electron chi connectivity index (χ1n) is 14.9. The SMILES string of the molecule is CC[C@@H](C)NC(=O)[C@H](Cc1ccccc1)N(Cc1ccc(Cl)cc1Cl)C(=O)CN(c1cc(Cl)ccc1OC)S(=O)(=O)c1ccccc1. The lowest BCUT2D eigenvalue weighted by atomic mass is 10.0. The number of methoxy groups -OCH3 is 1. The third kappa shape index (κ3) is 9.20. The van der Waals surface area contributed by atoms with Gasteiger partial charge in [-0.15, -0.1) is 0 Å². The molecule has 0 bridgehead atoms. The standard InChI is InChI=1S/C35H36Cl3N3O5S/c1-4-24(2)39-35(43)32(19-25-11-7-5-8-12-25)40(22-26-15-16-27(36)20-30(26)38)34(42)23-41(31-21-28(37)17-18-33(31)46-3)47(44,45)29-13-9-6-10-14-29/h5-18,20-21,24,32H,4,19,22-23H2,1-3H3,(H,39,43)/t24-,32+/m1/s1. The van der Waals surface area contributed by atoms with Crippen LogP contribution in [0.1, 0.15) is 31.4 Å². The number of nitrogens with one attached hydrogen (secondary N) is 1. The molecule has 0 fully saturated rings. The van der Waals surface area contributed by atoms with Crippen LogP contribution in [0.15, 0.2) is 102 Å². The van der Waals surface area contributed by atoms with E-state index in [1.165, 1.54) is 36.3 Å². The maximum atomic E-state index is 14.7. The quantitative estimate of drug-likeness (QED) is 0.147. The van der Waals surface area contributed by atoms with Crippen molar-refractivity contribution in [3.63, 3.8) is 0 Å². The molecule has 248 valence electrons. The summed E-state index contributed by atoms with van der Waals surface area (Å²) in [6, 6.07) is 25.2. The van der Waals surface area contributed by atoms with Crippen LogP contribution in [0.5, 0.6) is 5.75 Å². The Labute approximate surface area is 291 Å². The summed E-state index contributed by atoms with van der Waals surface area (Å²) in [5.74, 6) is -0.860. The lowest BCUT2D eigenvalue weighted by molar-refractivity contribution is -0.140. The smallest absolute Gasteiger partial charge is 0.264 e. The Bertz CT molecular complexity index is 1790. The zero-order valence-corrected chi connectivity index (χ0v) is 29.3. The molecule has 0 aliphatic carbocycles. The molecule has 0 aliphatic rings. The number of amides is 2. The van der Waals surface area contributed by atoms with Crippen molar-refractivity contribution in [2.75, 3.05) is 18.0 Å². The van der Waals surface area contributed by atoms with Crippen LogP contribution in [0.25, 0.3) is 0 Å². The average molecular weight is 717 g/mol. The van der Waals surface area contributed by atoms with E-state index in [2.05, 4.69) is 5.32 Å². The van der Waals surface area contributed by atoms with Crippen molar-refractivity contribution in [3.05, 3.63) is 123 Å². The van der Waals surface area contributed by atoms with Crippen molar-refractivity contribution < 1.29 is 22.7 Å². The fourth-order valence-electron chi connectivity index (χ4n) is 4.92. The number of ether oxygens (including phenoxy) is 1. The van der Waals surface area contributed by atoms with Crippen molar-refractivity contribution in [2.45, 2.75) is 50.2 Å². The van der Waals surface area contributed by atoms with E-state index >= 15 is 0 Å². The summed E-state index contributed by atoms with van der Waals surface area (Å²) >= 11 is 19.1. The van der Waals surface area contributed by atoms with E-state index in [0.717, 1.165) is 9.87 Å². The monoisotopic (exact) mass is 715 g/mol. The number of sulfonamides is 1. The van der Waals surface area contributed by atoms with Gasteiger partial charge in [0.2, 0.25) is 11.8 Å². The molecule has 1 N–H and O–H groups in total. The minimum atomic E-state index is -4.34. The van der Waals surface area contributed by atoms with Crippen LogP contribution in [0.4, 0.5) is 5.69 Å². The number of nitrogens with zero attached hydrogens (tertiary/aromatic N) is 2. The highest BCUT2D eigenvalue weighted by atomic mass is 35.5. The van der Waals surface area contributed by atoms with Crippen LogP contribution >= 0.6 is 34.8 Å². The third-order valence-electron chi connectivity index (χ3n) is 7.65. The van der Waals surface area contributed by atoms with Crippen molar-refractivity contribution in [1.82, 2.24) is 10.2 Å². The van der Waals surface area contributed by atoms with Gasteiger partial charge in [0.05, 0.1) is 17.7 Å². The zero-order valence-electron chi connectivity index (χ0n) is 26.2. The van der Waals surface area contributed by atoms with Gasteiger partial charge in [-0.3, -0.25) is 13.9 Å². The average Bonchev–Trinajstić information content (AvgIpc) is 3.06. The summed E-state index contributed by atoms with van der Waals surface area (Å²) < 4.78 is 35.0. The molecular weight excluding hydrogens is 681 g/mol. The molecule has 2 amide bonds. The topological polar surface area (TPSA) is 96.0 Å². The molecule has 0 aromatic heterocycles. The van der Waals surface area contributed by atoms with Crippen LogP contribution in [-0.2, 0) is 32.6 Å². The normalized spacial score (nSPS) is 12.6. The fraction of sp³-hybridized carbons (Fsp3) is 0.257. The number of benzene rings is 4. The Morgan fingerprint density at radius 1 is 0.872 bits per heavy atom. The zero-order chi connectivity index (χ0) is 34.1. The second-order valence-electron chi connectivity index (χ2n) is 10.9. The minimum Gasteiger partial charge on any atom is -0.495 e. The van der Waals surface area contributed by atoms with Crippen LogP contribution in [0, 0.1) is 0 Å². The summed E-state index contributed by atoms with van der Waals surface area (Å²) in [6.07, 6.45) is 0.824. The molecule has 0 spiro atoms. The summed E-state index contributed by atoms with van der Waals surface area (Å²) in [5, 5.41) is 3.94. The van der Waals surface area contributed by atoms with Gasteiger partial charge in [-0.2, -0.15) is 0 Å². The highest BCUT2D eigenvalue weighted by molar-refractivity contribution is 7.92. The first kappa shape index (κ1) is 36.1. The number of hydrogen-bond acceptors (Lipinski definition) is 5. The third-order valence-corrected chi connectivity index (χ3v) is 10.2. The molecule has 47 heavy (non-hydrogen) atoms. The van der Waals surface area contributed by atoms with Gasteiger partial charge >= 0.3 is 0 Å². The van der Waals surface area contributed by atoms with E-state index in [9.17, 15) is 18.0 Å². The molecule has 4 aromatic carbocycles. The molecule has 0 saturated heterocycles. The van der Waals surface area contributed by atoms with E-state index in [4.69, 9.17) is 39.5 Å². The summed E-state index contributed by atoms with van der Waals surface area (Å²) in [6.45, 7) is 3.03. The van der Waals surface area contributed by atoms with Gasteiger partial charge in [-0.1, -0.05) is 96.3 Å². The van der Waals surface area contributed by atoms with Crippen LogP contribution < -0.4 is 14.4 Å². The van der Waals surface area contributed by atoms with Crippen molar-refractivity contribution in [3.8, 4) is 5.75 Å². The molecule has 4 rings (SSSR count). The van der Waals surface area contributed by atoms with E-state index < -0.39 is 28.5 Å². The number of rotatable bonds is 14. The lowest BCUT2D eigenvalue weighted by Crippen LogP contribution is -2.54. The Morgan fingerprint density at radius 3 is 2.11 bits per heavy atom. The van der Waals surface area contributed by atoms with Crippen LogP contribution in [0.2, 0.25) is 15.1 Å². The van der Waals surface area contributed by atoms with Gasteiger partial charge in [-0.25, -0.2) is 8.42 Å². The van der Waals surface area contributed by atoms with Gasteiger partial charge in [0.1, 0.15) is 18.3 Å². The summed E-state index contributed by atoms with van der Waals surface area (Å²) in [4.78, 5) is 30.0. The number of anilines is 1. The Morgan fingerprint density at radius 2 is 1.49 bits per heavy atom. The van der Waals surface area contributed by atoms with E-state index in [0.29, 0.717) is 22.0 Å². The molecule has 2 atom stereocenters. The predicted molar refractivity (Wildman–Crippen MR) is 188 cm³/mol. The van der Waals surface area contributed by atoms with Crippen molar-refractivity contribution in [1.29, 1.82) is 0 Å². The molecule has 0 aliphatic heterocycles. The molecule has 0 saturated carbocycles. The van der Waals surface area contributed by atoms with Gasteiger partial charge in [0.25, 0.3) is 10.0 Å². The highest BCUT2D eigenvalue weighted by Gasteiger charge is 2.36. The number of carbonyl (C=O) groups excluding carboxylic acids is 2. The van der Waals surface area contributed by atoms with Gasteiger partial charge < -0.3 is 15.0 Å². The molecule has 8 nitrogen and oxygen atoms in total. The predicted octanol–water partition coefficient (Wildman–Crippen LogP) is 7.41. The van der Waals surface area contributed by atoms with Crippen LogP contribution in [0.3, 0.4) is 0 Å². The van der Waals surface area contributed by atoms with E-state index in [1.54, 1.807) is 42.5 Å². The van der Waals surface area contributed by atoms with Crippen molar-refractivity contribution >= 4 is 62.3 Å². The maximum absolute atomic E-state index is 14.7. The highest BCUT2D eigenvalue weighted by Crippen LogP contribution is 2.35.